The Morgan fingerprint density at radius 2 is 2.00 bits per heavy atom. The normalized spacial score (nSPS) is 21.0. The van der Waals surface area contributed by atoms with Gasteiger partial charge in [-0.3, -0.25) is 4.79 Å². The van der Waals surface area contributed by atoms with E-state index >= 15 is 0 Å². The van der Waals surface area contributed by atoms with Gasteiger partial charge in [0.1, 0.15) is 17.8 Å². The molecule has 0 atom stereocenters. The summed E-state index contributed by atoms with van der Waals surface area (Å²) in [4.78, 5) is 23.2. The number of aliphatic hydroxyl groups is 1. The van der Waals surface area contributed by atoms with Crippen molar-refractivity contribution in [3.8, 4) is 0 Å². The molecule has 0 spiro atoms. The lowest BCUT2D eigenvalue weighted by Gasteiger charge is -2.36. The lowest BCUT2D eigenvalue weighted by molar-refractivity contribution is 0.0812. The number of hydrogen-bond acceptors (Lipinski definition) is 6. The maximum Gasteiger partial charge on any atom is 0.270 e. The van der Waals surface area contributed by atoms with Gasteiger partial charge in [0.15, 0.2) is 0 Å². The first kappa shape index (κ1) is 16.5. The van der Waals surface area contributed by atoms with Crippen molar-refractivity contribution in [2.24, 2.45) is 0 Å². The SMILES string of the molecule is O=C(NC1(CO)CCSCC1)c1cc(N2CCCCC2)ncn1. The van der Waals surface area contributed by atoms with E-state index < -0.39 is 5.54 Å². The molecule has 0 aliphatic carbocycles. The van der Waals surface area contributed by atoms with Gasteiger partial charge in [0, 0.05) is 19.2 Å². The third kappa shape index (κ3) is 3.95. The van der Waals surface area contributed by atoms with Crippen LogP contribution in [0.25, 0.3) is 0 Å². The second kappa shape index (κ2) is 7.49. The first-order chi connectivity index (χ1) is 11.2. The number of anilines is 1. The molecule has 2 N–H and O–H groups in total. The quantitative estimate of drug-likeness (QED) is 0.867. The molecule has 126 valence electrons. The largest absolute Gasteiger partial charge is 0.394 e. The highest BCUT2D eigenvalue weighted by molar-refractivity contribution is 7.99. The van der Waals surface area contributed by atoms with Gasteiger partial charge in [0.05, 0.1) is 12.1 Å². The number of nitrogens with one attached hydrogen (secondary N) is 1. The standard InChI is InChI=1S/C16H24N4O2S/c21-11-16(4-8-23-9-5-16)19-15(22)13-10-14(18-12-17-13)20-6-2-1-3-7-20/h10,12,21H,1-9,11H2,(H,19,22). The number of hydrogen-bond donors (Lipinski definition) is 2. The summed E-state index contributed by atoms with van der Waals surface area (Å²) in [5.41, 5.74) is -0.120. The summed E-state index contributed by atoms with van der Waals surface area (Å²) in [7, 11) is 0. The lowest BCUT2D eigenvalue weighted by atomic mass is 9.93. The summed E-state index contributed by atoms with van der Waals surface area (Å²) < 4.78 is 0. The van der Waals surface area contributed by atoms with Crippen LogP contribution >= 0.6 is 11.8 Å². The van der Waals surface area contributed by atoms with Crippen LogP contribution in [0, 0.1) is 0 Å². The van der Waals surface area contributed by atoms with Crippen LogP contribution < -0.4 is 10.2 Å². The van der Waals surface area contributed by atoms with Gasteiger partial charge in [-0.05, 0) is 43.6 Å². The van der Waals surface area contributed by atoms with Crippen molar-refractivity contribution in [2.45, 2.75) is 37.6 Å². The van der Waals surface area contributed by atoms with Crippen molar-refractivity contribution >= 4 is 23.5 Å². The monoisotopic (exact) mass is 336 g/mol. The summed E-state index contributed by atoms with van der Waals surface area (Å²) in [5.74, 6) is 2.53. The minimum absolute atomic E-state index is 0.0244. The van der Waals surface area contributed by atoms with Crippen molar-refractivity contribution in [1.82, 2.24) is 15.3 Å². The lowest BCUT2D eigenvalue weighted by Crippen LogP contribution is -2.53. The number of carbonyl (C=O) groups is 1. The van der Waals surface area contributed by atoms with Gasteiger partial charge < -0.3 is 15.3 Å². The zero-order valence-corrected chi connectivity index (χ0v) is 14.1. The number of amides is 1. The fourth-order valence-corrected chi connectivity index (χ4v) is 4.43. The number of aromatic nitrogens is 2. The molecule has 7 heteroatoms. The van der Waals surface area contributed by atoms with E-state index in [2.05, 4.69) is 20.2 Å². The number of carbonyl (C=O) groups excluding carboxylic acids is 1. The van der Waals surface area contributed by atoms with Crippen LogP contribution in [0.15, 0.2) is 12.4 Å². The summed E-state index contributed by atoms with van der Waals surface area (Å²) in [5, 5.41) is 12.7. The van der Waals surface area contributed by atoms with Crippen LogP contribution in [-0.2, 0) is 0 Å². The molecule has 0 aromatic carbocycles. The van der Waals surface area contributed by atoms with Gasteiger partial charge in [0.25, 0.3) is 5.91 Å². The highest BCUT2D eigenvalue weighted by atomic mass is 32.2. The number of rotatable bonds is 4. The van der Waals surface area contributed by atoms with Crippen molar-refractivity contribution in [1.29, 1.82) is 0 Å². The van der Waals surface area contributed by atoms with Crippen LogP contribution in [-0.4, -0.2) is 57.7 Å². The molecule has 0 radical (unpaired) electrons. The molecular weight excluding hydrogens is 312 g/mol. The first-order valence-corrected chi connectivity index (χ1v) is 9.46. The van der Waals surface area contributed by atoms with Gasteiger partial charge in [0.2, 0.25) is 0 Å². The molecule has 3 heterocycles. The Balaban J connectivity index is 1.71. The molecule has 0 unspecified atom stereocenters. The molecular formula is C16H24N4O2S. The molecule has 0 bridgehead atoms. The molecule has 2 aliphatic heterocycles. The number of nitrogens with zero attached hydrogens (tertiary/aromatic N) is 3. The first-order valence-electron chi connectivity index (χ1n) is 8.31. The third-order valence-corrected chi connectivity index (χ3v) is 5.68. The summed E-state index contributed by atoms with van der Waals surface area (Å²) in [6.45, 7) is 1.94. The Morgan fingerprint density at radius 1 is 1.26 bits per heavy atom. The minimum atomic E-state index is -0.501. The second-order valence-electron chi connectivity index (χ2n) is 6.31. The predicted octanol–water partition coefficient (Wildman–Crippen LogP) is 1.45. The Bertz CT molecular complexity index is 543. The molecule has 0 saturated carbocycles. The zero-order chi connectivity index (χ0) is 16.1. The van der Waals surface area contributed by atoms with Gasteiger partial charge in [-0.2, -0.15) is 11.8 Å². The van der Waals surface area contributed by atoms with Crippen molar-refractivity contribution in [3.63, 3.8) is 0 Å². The average Bonchev–Trinajstić information content (AvgIpc) is 2.63. The number of thioether (sulfide) groups is 1. The second-order valence-corrected chi connectivity index (χ2v) is 7.54. The molecule has 6 nitrogen and oxygen atoms in total. The van der Waals surface area contributed by atoms with Crippen LogP contribution in [0.4, 0.5) is 5.82 Å². The van der Waals surface area contributed by atoms with E-state index in [1.807, 2.05) is 11.8 Å². The topological polar surface area (TPSA) is 78.4 Å². The van der Waals surface area contributed by atoms with Crippen LogP contribution in [0.3, 0.4) is 0 Å². The van der Waals surface area contributed by atoms with Crippen LogP contribution in [0.2, 0.25) is 0 Å². The minimum Gasteiger partial charge on any atom is -0.394 e. The Hall–Kier alpha value is -1.34. The maximum atomic E-state index is 12.6. The molecule has 1 aromatic rings. The molecule has 1 amide bonds. The summed E-state index contributed by atoms with van der Waals surface area (Å²) >= 11 is 1.86. The van der Waals surface area contributed by atoms with E-state index in [0.717, 1.165) is 56.1 Å². The molecule has 2 fully saturated rings. The van der Waals surface area contributed by atoms with Gasteiger partial charge >= 0.3 is 0 Å². The molecule has 3 rings (SSSR count). The fraction of sp³-hybridized carbons (Fsp3) is 0.688. The smallest absolute Gasteiger partial charge is 0.270 e. The highest BCUT2D eigenvalue weighted by Gasteiger charge is 2.33. The fourth-order valence-electron chi connectivity index (χ4n) is 3.16. The van der Waals surface area contributed by atoms with Gasteiger partial charge in [-0.25, -0.2) is 9.97 Å². The van der Waals surface area contributed by atoms with E-state index in [0.29, 0.717) is 5.69 Å². The summed E-state index contributed by atoms with van der Waals surface area (Å²) in [6, 6.07) is 1.77. The average molecular weight is 336 g/mol. The highest BCUT2D eigenvalue weighted by Crippen LogP contribution is 2.27. The molecule has 2 saturated heterocycles. The Labute approximate surface area is 141 Å². The maximum absolute atomic E-state index is 12.6. The third-order valence-electron chi connectivity index (χ3n) is 4.70. The van der Waals surface area contributed by atoms with Crippen LogP contribution in [0.5, 0.6) is 0 Å². The molecule has 2 aliphatic rings. The van der Waals surface area contributed by atoms with E-state index in [4.69, 9.17) is 0 Å². The van der Waals surface area contributed by atoms with Crippen LogP contribution in [0.1, 0.15) is 42.6 Å². The van der Waals surface area contributed by atoms with Gasteiger partial charge in [-0.1, -0.05) is 0 Å². The van der Waals surface area contributed by atoms with Crippen molar-refractivity contribution in [2.75, 3.05) is 36.1 Å². The van der Waals surface area contributed by atoms with Crippen molar-refractivity contribution in [3.05, 3.63) is 18.1 Å². The number of aliphatic hydroxyl groups excluding tert-OH is 1. The van der Waals surface area contributed by atoms with E-state index in [1.54, 1.807) is 6.07 Å². The predicted molar refractivity (Wildman–Crippen MR) is 91.9 cm³/mol. The van der Waals surface area contributed by atoms with E-state index in [-0.39, 0.29) is 12.5 Å². The van der Waals surface area contributed by atoms with Crippen molar-refractivity contribution < 1.29 is 9.90 Å². The summed E-state index contributed by atoms with van der Waals surface area (Å²) in [6.07, 6.45) is 6.63. The molecule has 1 aromatic heterocycles. The van der Waals surface area contributed by atoms with E-state index in [1.165, 1.54) is 12.7 Å². The Morgan fingerprint density at radius 3 is 2.70 bits per heavy atom. The van der Waals surface area contributed by atoms with Gasteiger partial charge in [-0.15, -0.1) is 0 Å². The zero-order valence-electron chi connectivity index (χ0n) is 13.3. The number of piperidine rings is 1. The van der Waals surface area contributed by atoms with E-state index in [9.17, 15) is 9.90 Å². The molecule has 23 heavy (non-hydrogen) atoms. The Kier molecular flexibility index (Phi) is 5.38.